The molecule has 0 amide bonds. The van der Waals surface area contributed by atoms with E-state index in [9.17, 15) is 8.78 Å². The summed E-state index contributed by atoms with van der Waals surface area (Å²) in [7, 11) is 1.56. The zero-order chi connectivity index (χ0) is 10.6. The molecular formula is C9H18F2N2S. The van der Waals surface area contributed by atoms with E-state index in [-0.39, 0.29) is 13.1 Å². The average molecular weight is 224 g/mol. The van der Waals surface area contributed by atoms with Gasteiger partial charge in [0.05, 0.1) is 13.1 Å². The molecule has 0 aliphatic carbocycles. The number of hydrogen-bond donors (Lipinski definition) is 1. The standard InChI is InChI=1S/C9H18F2N2S/c1-12-6-9(10,11)7-13-4-3-8(5-13)14-2/h8,12H,3-7H2,1-2H3. The third-order valence-electron chi connectivity index (χ3n) is 2.45. The Balaban J connectivity index is 2.31. The number of thioether (sulfide) groups is 1. The van der Waals surface area contributed by atoms with Gasteiger partial charge in [0.25, 0.3) is 5.92 Å². The molecule has 1 atom stereocenters. The molecule has 0 radical (unpaired) electrons. The Kier molecular flexibility index (Phi) is 4.60. The van der Waals surface area contributed by atoms with Crippen LogP contribution in [-0.4, -0.2) is 55.6 Å². The molecule has 1 unspecified atom stereocenters. The number of likely N-dealkylation sites (tertiary alicyclic amines) is 1. The molecule has 1 saturated heterocycles. The molecule has 0 saturated carbocycles. The van der Waals surface area contributed by atoms with Gasteiger partial charge in [0.1, 0.15) is 0 Å². The third-order valence-corrected chi connectivity index (χ3v) is 3.50. The molecule has 5 heteroatoms. The Morgan fingerprint density at radius 1 is 1.57 bits per heavy atom. The van der Waals surface area contributed by atoms with Crippen molar-refractivity contribution in [1.82, 2.24) is 10.2 Å². The maximum atomic E-state index is 13.2. The van der Waals surface area contributed by atoms with Gasteiger partial charge in [-0.05, 0) is 26.3 Å². The van der Waals surface area contributed by atoms with Crippen LogP contribution in [-0.2, 0) is 0 Å². The lowest BCUT2D eigenvalue weighted by Crippen LogP contribution is -2.42. The van der Waals surface area contributed by atoms with Crippen LogP contribution in [0.3, 0.4) is 0 Å². The van der Waals surface area contributed by atoms with Crippen LogP contribution in [0.5, 0.6) is 0 Å². The van der Waals surface area contributed by atoms with Crippen LogP contribution in [0.2, 0.25) is 0 Å². The summed E-state index contributed by atoms with van der Waals surface area (Å²) in [6, 6.07) is 0. The van der Waals surface area contributed by atoms with Crippen molar-refractivity contribution in [2.45, 2.75) is 17.6 Å². The van der Waals surface area contributed by atoms with Gasteiger partial charge >= 0.3 is 0 Å². The Morgan fingerprint density at radius 3 is 2.79 bits per heavy atom. The number of alkyl halides is 2. The molecule has 1 rings (SSSR count). The van der Waals surface area contributed by atoms with Crippen molar-refractivity contribution >= 4 is 11.8 Å². The van der Waals surface area contributed by atoms with E-state index in [0.29, 0.717) is 5.25 Å². The Labute approximate surface area is 88.4 Å². The molecule has 1 fully saturated rings. The minimum Gasteiger partial charge on any atom is -0.314 e. The quantitative estimate of drug-likeness (QED) is 0.757. The number of hydrogen-bond acceptors (Lipinski definition) is 3. The molecule has 0 aromatic carbocycles. The molecule has 1 aliphatic heterocycles. The largest absolute Gasteiger partial charge is 0.314 e. The minimum atomic E-state index is -2.60. The van der Waals surface area contributed by atoms with Crippen LogP contribution >= 0.6 is 11.8 Å². The Bertz CT molecular complexity index is 178. The number of halogens is 2. The summed E-state index contributed by atoms with van der Waals surface area (Å²) in [6.45, 7) is 1.28. The summed E-state index contributed by atoms with van der Waals surface area (Å²) >= 11 is 1.77. The van der Waals surface area contributed by atoms with Crippen LogP contribution in [0.1, 0.15) is 6.42 Å². The fourth-order valence-electron chi connectivity index (χ4n) is 1.77. The van der Waals surface area contributed by atoms with Crippen molar-refractivity contribution < 1.29 is 8.78 Å². The van der Waals surface area contributed by atoms with Gasteiger partial charge < -0.3 is 5.32 Å². The number of nitrogens with one attached hydrogen (secondary N) is 1. The highest BCUT2D eigenvalue weighted by Gasteiger charge is 2.33. The summed E-state index contributed by atoms with van der Waals surface area (Å²) in [5.74, 6) is -2.60. The minimum absolute atomic E-state index is 0.106. The molecule has 1 N–H and O–H groups in total. The van der Waals surface area contributed by atoms with Crippen molar-refractivity contribution in [3.05, 3.63) is 0 Å². The first-order valence-corrected chi connectivity index (χ1v) is 6.14. The fourth-order valence-corrected chi connectivity index (χ4v) is 2.48. The van der Waals surface area contributed by atoms with Crippen LogP contribution in [0.25, 0.3) is 0 Å². The van der Waals surface area contributed by atoms with Gasteiger partial charge in [0.2, 0.25) is 0 Å². The van der Waals surface area contributed by atoms with Crippen molar-refractivity contribution in [3.8, 4) is 0 Å². The van der Waals surface area contributed by atoms with Crippen molar-refractivity contribution in [2.75, 3.05) is 39.5 Å². The normalized spacial score (nSPS) is 24.4. The van der Waals surface area contributed by atoms with Crippen molar-refractivity contribution in [1.29, 1.82) is 0 Å². The first-order chi connectivity index (χ1) is 6.57. The maximum absolute atomic E-state index is 13.2. The summed E-state index contributed by atoms with van der Waals surface area (Å²) in [4.78, 5) is 1.86. The first-order valence-electron chi connectivity index (χ1n) is 4.85. The SMILES string of the molecule is CNCC(F)(F)CN1CCC(SC)C1. The summed E-state index contributed by atoms with van der Waals surface area (Å²) in [5.41, 5.74) is 0. The average Bonchev–Trinajstić information content (AvgIpc) is 2.51. The highest BCUT2D eigenvalue weighted by molar-refractivity contribution is 7.99. The molecule has 0 spiro atoms. The van der Waals surface area contributed by atoms with Gasteiger partial charge in [-0.25, -0.2) is 8.78 Å². The second-order valence-electron chi connectivity index (χ2n) is 3.77. The van der Waals surface area contributed by atoms with Crippen molar-refractivity contribution in [2.24, 2.45) is 0 Å². The van der Waals surface area contributed by atoms with E-state index in [1.807, 2.05) is 11.2 Å². The van der Waals surface area contributed by atoms with Gasteiger partial charge in [-0.3, -0.25) is 4.90 Å². The van der Waals surface area contributed by atoms with Crippen LogP contribution in [0, 0.1) is 0 Å². The van der Waals surface area contributed by atoms with Gasteiger partial charge in [-0.1, -0.05) is 0 Å². The molecule has 14 heavy (non-hydrogen) atoms. The molecule has 1 aliphatic rings. The van der Waals surface area contributed by atoms with E-state index in [2.05, 4.69) is 5.32 Å². The van der Waals surface area contributed by atoms with E-state index < -0.39 is 5.92 Å². The van der Waals surface area contributed by atoms with E-state index in [0.717, 1.165) is 19.5 Å². The van der Waals surface area contributed by atoms with Crippen LogP contribution in [0.4, 0.5) is 8.78 Å². The molecule has 0 aromatic heterocycles. The summed E-state index contributed by atoms with van der Waals surface area (Å²) in [5, 5.41) is 3.07. The second kappa shape index (κ2) is 5.28. The lowest BCUT2D eigenvalue weighted by atomic mass is 10.3. The molecule has 1 heterocycles. The Morgan fingerprint density at radius 2 is 2.29 bits per heavy atom. The molecule has 84 valence electrons. The summed E-state index contributed by atoms with van der Waals surface area (Å²) in [6.07, 6.45) is 3.08. The molecule has 0 aromatic rings. The van der Waals surface area contributed by atoms with Gasteiger partial charge in [0.15, 0.2) is 0 Å². The first kappa shape index (κ1) is 12.2. The van der Waals surface area contributed by atoms with Gasteiger partial charge in [0, 0.05) is 11.8 Å². The summed E-state index contributed by atoms with van der Waals surface area (Å²) < 4.78 is 26.4. The number of nitrogens with zero attached hydrogens (tertiary/aromatic N) is 1. The topological polar surface area (TPSA) is 15.3 Å². The zero-order valence-electron chi connectivity index (χ0n) is 8.72. The van der Waals surface area contributed by atoms with E-state index in [4.69, 9.17) is 0 Å². The van der Waals surface area contributed by atoms with E-state index >= 15 is 0 Å². The zero-order valence-corrected chi connectivity index (χ0v) is 9.54. The molecule has 0 bridgehead atoms. The maximum Gasteiger partial charge on any atom is 0.272 e. The van der Waals surface area contributed by atoms with Crippen LogP contribution < -0.4 is 5.32 Å². The third kappa shape index (κ3) is 3.71. The lowest BCUT2D eigenvalue weighted by molar-refractivity contribution is -0.0238. The van der Waals surface area contributed by atoms with Gasteiger partial charge in [-0.15, -0.1) is 0 Å². The molecule has 2 nitrogen and oxygen atoms in total. The predicted octanol–water partition coefficient (Wildman–Crippen LogP) is 1.28. The lowest BCUT2D eigenvalue weighted by Gasteiger charge is -2.23. The van der Waals surface area contributed by atoms with Crippen molar-refractivity contribution in [3.63, 3.8) is 0 Å². The van der Waals surface area contributed by atoms with Crippen LogP contribution in [0.15, 0.2) is 0 Å². The van der Waals surface area contributed by atoms with E-state index in [1.165, 1.54) is 0 Å². The van der Waals surface area contributed by atoms with Gasteiger partial charge in [-0.2, -0.15) is 11.8 Å². The highest BCUT2D eigenvalue weighted by atomic mass is 32.2. The second-order valence-corrected chi connectivity index (χ2v) is 4.91. The van der Waals surface area contributed by atoms with E-state index in [1.54, 1.807) is 18.8 Å². The highest BCUT2D eigenvalue weighted by Crippen LogP contribution is 2.23. The fraction of sp³-hybridized carbons (Fsp3) is 1.00. The predicted molar refractivity (Wildman–Crippen MR) is 57.2 cm³/mol. The number of rotatable bonds is 5. The smallest absolute Gasteiger partial charge is 0.272 e. The monoisotopic (exact) mass is 224 g/mol. The Hall–Kier alpha value is 0.130. The molecular weight excluding hydrogens is 206 g/mol.